The van der Waals surface area contributed by atoms with E-state index in [0.29, 0.717) is 28.8 Å². The summed E-state index contributed by atoms with van der Waals surface area (Å²) >= 11 is 12.1. The molecule has 3 rings (SSSR count). The molecule has 1 saturated carbocycles. The van der Waals surface area contributed by atoms with Crippen molar-refractivity contribution >= 4 is 35.0 Å². The molecule has 31 heavy (non-hydrogen) atoms. The van der Waals surface area contributed by atoms with E-state index in [1.165, 1.54) is 0 Å². The highest BCUT2D eigenvalue weighted by Gasteiger charge is 2.30. The van der Waals surface area contributed by atoms with Gasteiger partial charge in [0.2, 0.25) is 5.91 Å². The lowest BCUT2D eigenvalue weighted by Crippen LogP contribution is -2.52. The van der Waals surface area contributed by atoms with Crippen molar-refractivity contribution in [3.8, 4) is 5.75 Å². The molecule has 7 heteroatoms. The summed E-state index contributed by atoms with van der Waals surface area (Å²) in [7, 11) is 0. The first kappa shape index (κ1) is 23.4. The van der Waals surface area contributed by atoms with Gasteiger partial charge in [0.05, 0.1) is 5.02 Å². The van der Waals surface area contributed by atoms with Crippen LogP contribution in [0.1, 0.15) is 44.6 Å². The second-order valence-electron chi connectivity index (χ2n) is 7.78. The van der Waals surface area contributed by atoms with Gasteiger partial charge in [-0.3, -0.25) is 9.59 Å². The third-order valence-corrected chi connectivity index (χ3v) is 6.06. The first-order chi connectivity index (χ1) is 15.0. The molecule has 2 amide bonds. The van der Waals surface area contributed by atoms with Gasteiger partial charge < -0.3 is 15.0 Å². The van der Waals surface area contributed by atoms with E-state index < -0.39 is 6.04 Å². The predicted molar refractivity (Wildman–Crippen MR) is 123 cm³/mol. The molecule has 0 aromatic heterocycles. The minimum absolute atomic E-state index is 0.108. The van der Waals surface area contributed by atoms with Crippen molar-refractivity contribution in [2.75, 3.05) is 6.61 Å². The molecule has 1 N–H and O–H groups in total. The molecule has 0 bridgehead atoms. The number of hydrogen-bond acceptors (Lipinski definition) is 3. The largest absolute Gasteiger partial charge is 0.482 e. The Morgan fingerprint density at radius 3 is 2.48 bits per heavy atom. The average molecular weight is 463 g/mol. The summed E-state index contributed by atoms with van der Waals surface area (Å²) in [5.41, 5.74) is 0.951. The van der Waals surface area contributed by atoms with Crippen LogP contribution < -0.4 is 10.1 Å². The number of rotatable bonds is 9. The maximum absolute atomic E-state index is 13.2. The first-order valence-corrected chi connectivity index (χ1v) is 11.4. The predicted octanol–water partition coefficient (Wildman–Crippen LogP) is 5.24. The van der Waals surface area contributed by atoms with Gasteiger partial charge in [0.15, 0.2) is 6.61 Å². The monoisotopic (exact) mass is 462 g/mol. The Morgan fingerprint density at radius 1 is 1.13 bits per heavy atom. The quantitative estimate of drug-likeness (QED) is 0.554. The molecule has 1 aliphatic carbocycles. The molecule has 0 saturated heterocycles. The molecule has 5 nitrogen and oxygen atoms in total. The Kier molecular flexibility index (Phi) is 8.61. The van der Waals surface area contributed by atoms with Gasteiger partial charge in [0.25, 0.3) is 5.91 Å². The van der Waals surface area contributed by atoms with Crippen molar-refractivity contribution < 1.29 is 14.3 Å². The van der Waals surface area contributed by atoms with Gasteiger partial charge in [-0.15, -0.1) is 0 Å². The Bertz CT molecular complexity index is 886. The van der Waals surface area contributed by atoms with Crippen LogP contribution in [0.25, 0.3) is 0 Å². The topological polar surface area (TPSA) is 58.6 Å². The summed E-state index contributed by atoms with van der Waals surface area (Å²) in [6.07, 6.45) is 4.76. The summed E-state index contributed by atoms with van der Waals surface area (Å²) in [4.78, 5) is 27.8. The number of halogens is 2. The van der Waals surface area contributed by atoms with Crippen LogP contribution in [0.3, 0.4) is 0 Å². The number of benzene rings is 2. The molecule has 2 aromatic rings. The molecular weight excluding hydrogens is 435 g/mol. The van der Waals surface area contributed by atoms with E-state index in [-0.39, 0.29) is 24.5 Å². The van der Waals surface area contributed by atoms with Gasteiger partial charge in [-0.1, -0.05) is 73.3 Å². The molecule has 0 radical (unpaired) electrons. The highest BCUT2D eigenvalue weighted by Crippen LogP contribution is 2.27. The number of hydrogen-bond donors (Lipinski definition) is 1. The lowest BCUT2D eigenvalue weighted by atomic mass is 10.1. The van der Waals surface area contributed by atoms with Gasteiger partial charge in [-0.2, -0.15) is 0 Å². The number of nitrogens with one attached hydrogen (secondary N) is 1. The minimum atomic E-state index is -0.572. The highest BCUT2D eigenvalue weighted by atomic mass is 35.5. The van der Waals surface area contributed by atoms with Crippen molar-refractivity contribution in [1.29, 1.82) is 0 Å². The number of nitrogens with zero attached hydrogens (tertiary/aromatic N) is 1. The summed E-state index contributed by atoms with van der Waals surface area (Å²) in [5, 5.41) is 3.95. The van der Waals surface area contributed by atoms with Crippen molar-refractivity contribution in [1.82, 2.24) is 10.2 Å². The average Bonchev–Trinajstić information content (AvgIpc) is 3.26. The fourth-order valence-corrected chi connectivity index (χ4v) is 4.34. The lowest BCUT2D eigenvalue weighted by Gasteiger charge is -2.31. The van der Waals surface area contributed by atoms with Gasteiger partial charge >= 0.3 is 0 Å². The molecule has 0 spiro atoms. The molecule has 1 atom stereocenters. The van der Waals surface area contributed by atoms with Gasteiger partial charge in [0, 0.05) is 17.6 Å². The van der Waals surface area contributed by atoms with Crippen LogP contribution in [0.2, 0.25) is 10.0 Å². The molecule has 0 heterocycles. The number of carbonyl (C=O) groups excluding carboxylic acids is 2. The second-order valence-corrected chi connectivity index (χ2v) is 8.63. The zero-order valence-electron chi connectivity index (χ0n) is 17.7. The smallest absolute Gasteiger partial charge is 0.261 e. The number of ether oxygens (including phenoxy) is 1. The van der Waals surface area contributed by atoms with Gasteiger partial charge in [-0.25, -0.2) is 0 Å². The fraction of sp³-hybridized carbons (Fsp3) is 0.417. The minimum Gasteiger partial charge on any atom is -0.482 e. The van der Waals surface area contributed by atoms with Crippen molar-refractivity contribution in [3.05, 3.63) is 64.1 Å². The van der Waals surface area contributed by atoms with E-state index in [0.717, 1.165) is 31.2 Å². The molecule has 1 fully saturated rings. The molecule has 0 aliphatic heterocycles. The number of carbonyl (C=O) groups is 2. The van der Waals surface area contributed by atoms with E-state index in [2.05, 4.69) is 5.32 Å². The Balaban J connectivity index is 1.74. The fourth-order valence-electron chi connectivity index (χ4n) is 3.88. The van der Waals surface area contributed by atoms with Crippen LogP contribution in [0, 0.1) is 0 Å². The molecule has 2 aromatic carbocycles. The molecular formula is C24H28Cl2N2O3. The maximum atomic E-state index is 13.2. The zero-order chi connectivity index (χ0) is 22.2. The summed E-state index contributed by atoms with van der Waals surface area (Å²) < 4.78 is 5.67. The Labute approximate surface area is 193 Å². The van der Waals surface area contributed by atoms with Gasteiger partial charge in [0.1, 0.15) is 11.8 Å². The van der Waals surface area contributed by atoms with Crippen LogP contribution in [0.15, 0.2) is 48.5 Å². The van der Waals surface area contributed by atoms with Crippen LogP contribution in [-0.4, -0.2) is 35.4 Å². The number of amides is 2. The first-order valence-electron chi connectivity index (χ1n) is 10.7. The third kappa shape index (κ3) is 6.62. The standard InChI is InChI=1S/C24H28Cl2N2O3/c1-2-21(24(30)27-19-10-6-7-11-19)28(15-17-8-4-3-5-9-17)23(29)16-31-22-13-12-18(25)14-20(22)26/h3-5,8-9,12-14,19,21H,2,6-7,10-11,15-16H2,1H3,(H,27,30)/t21-/m0/s1. The van der Waals surface area contributed by atoms with Crippen molar-refractivity contribution in [2.45, 2.75) is 57.7 Å². The normalized spacial score (nSPS) is 14.8. The summed E-state index contributed by atoms with van der Waals surface area (Å²) in [6.45, 7) is 2.02. The molecule has 166 valence electrons. The van der Waals surface area contributed by atoms with Crippen molar-refractivity contribution in [3.63, 3.8) is 0 Å². The van der Waals surface area contributed by atoms with Crippen LogP contribution in [0.5, 0.6) is 5.75 Å². The highest BCUT2D eigenvalue weighted by molar-refractivity contribution is 6.35. The maximum Gasteiger partial charge on any atom is 0.261 e. The van der Waals surface area contributed by atoms with Crippen LogP contribution in [-0.2, 0) is 16.1 Å². The van der Waals surface area contributed by atoms with Crippen LogP contribution >= 0.6 is 23.2 Å². The summed E-state index contributed by atoms with van der Waals surface area (Å²) in [5.74, 6) is -0.00553. The van der Waals surface area contributed by atoms with Crippen molar-refractivity contribution in [2.24, 2.45) is 0 Å². The zero-order valence-corrected chi connectivity index (χ0v) is 19.2. The van der Waals surface area contributed by atoms with E-state index >= 15 is 0 Å². The Hall–Kier alpha value is -2.24. The molecule has 1 aliphatic rings. The van der Waals surface area contributed by atoms with Crippen LogP contribution in [0.4, 0.5) is 0 Å². The Morgan fingerprint density at radius 2 is 1.84 bits per heavy atom. The van der Waals surface area contributed by atoms with E-state index in [4.69, 9.17) is 27.9 Å². The second kappa shape index (κ2) is 11.4. The van der Waals surface area contributed by atoms with Gasteiger partial charge in [-0.05, 0) is 43.0 Å². The lowest BCUT2D eigenvalue weighted by molar-refractivity contribution is -0.143. The summed E-state index contributed by atoms with van der Waals surface area (Å²) in [6, 6.07) is 14.1. The van der Waals surface area contributed by atoms with E-state index in [1.807, 2.05) is 37.3 Å². The third-order valence-electron chi connectivity index (χ3n) is 5.53. The van der Waals surface area contributed by atoms with E-state index in [9.17, 15) is 9.59 Å². The molecule has 0 unspecified atom stereocenters. The SMILES string of the molecule is CC[C@@H](C(=O)NC1CCCC1)N(Cc1ccccc1)C(=O)COc1ccc(Cl)cc1Cl. The van der Waals surface area contributed by atoms with E-state index in [1.54, 1.807) is 23.1 Å².